The van der Waals surface area contributed by atoms with Crippen LogP contribution in [0.3, 0.4) is 0 Å². The summed E-state index contributed by atoms with van der Waals surface area (Å²) in [6.07, 6.45) is 4.89. The van der Waals surface area contributed by atoms with E-state index in [2.05, 4.69) is 145 Å². The van der Waals surface area contributed by atoms with Crippen LogP contribution in [0.4, 0.5) is 0 Å². The van der Waals surface area contributed by atoms with Crippen molar-refractivity contribution in [2.75, 3.05) is 0 Å². The summed E-state index contributed by atoms with van der Waals surface area (Å²) in [4.78, 5) is 0. The van der Waals surface area contributed by atoms with Crippen LogP contribution in [0.5, 0.6) is 0 Å². The van der Waals surface area contributed by atoms with Gasteiger partial charge in [0.1, 0.15) is 0 Å². The van der Waals surface area contributed by atoms with E-state index < -0.39 is 21.5 Å². The zero-order chi connectivity index (χ0) is 30.0. The third-order valence-corrected chi connectivity index (χ3v) is 61.9. The van der Waals surface area contributed by atoms with Crippen molar-refractivity contribution in [3.63, 3.8) is 0 Å². The molecular formula is C38H41Cl2SiZr. The van der Waals surface area contributed by atoms with E-state index in [-0.39, 0.29) is 7.25 Å². The molecule has 4 aromatic carbocycles. The molecule has 0 heterocycles. The fourth-order valence-electron chi connectivity index (χ4n) is 7.76. The SMILES string of the molecule is CC1=Cc2c(-c3ccccc3)ccc(C)c2[CH]1[Zr]([Cl])([Cl])([CH]1C(C(C)C)=Cc2c(-c3ccc(C)cc3)cccc21)[SiH](C)C. The Kier molecular flexibility index (Phi) is 7.80. The second-order valence-electron chi connectivity index (χ2n) is 13.2. The van der Waals surface area contributed by atoms with Gasteiger partial charge >= 0.3 is 263 Å². The summed E-state index contributed by atoms with van der Waals surface area (Å²) in [5.41, 5.74) is 15.8. The zero-order valence-corrected chi connectivity index (χ0v) is 30.9. The van der Waals surface area contributed by atoms with Crippen LogP contribution < -0.4 is 0 Å². The molecule has 4 heteroatoms. The van der Waals surface area contributed by atoms with Crippen molar-refractivity contribution in [3.8, 4) is 22.3 Å². The van der Waals surface area contributed by atoms with E-state index >= 15 is 0 Å². The van der Waals surface area contributed by atoms with E-state index in [1.165, 1.54) is 66.8 Å². The summed E-state index contributed by atoms with van der Waals surface area (Å²) < 4.78 is 0.196. The predicted molar refractivity (Wildman–Crippen MR) is 186 cm³/mol. The molecule has 2 unspecified atom stereocenters. The van der Waals surface area contributed by atoms with Crippen molar-refractivity contribution in [3.05, 3.63) is 129 Å². The molecular weight excluding hydrogens is 647 g/mol. The van der Waals surface area contributed by atoms with Crippen molar-refractivity contribution in [1.82, 2.24) is 0 Å². The number of allylic oxidation sites excluding steroid dienone is 2. The Morgan fingerprint density at radius 1 is 0.667 bits per heavy atom. The van der Waals surface area contributed by atoms with E-state index in [1.807, 2.05) is 0 Å². The molecule has 0 nitrogen and oxygen atoms in total. The molecule has 6 rings (SSSR count). The van der Waals surface area contributed by atoms with Gasteiger partial charge in [0.2, 0.25) is 0 Å². The third-order valence-electron chi connectivity index (χ3n) is 10.0. The van der Waals surface area contributed by atoms with Crippen molar-refractivity contribution in [2.24, 2.45) is 5.92 Å². The summed E-state index contributed by atoms with van der Waals surface area (Å²) in [6.45, 7) is 16.2. The molecule has 215 valence electrons. The van der Waals surface area contributed by atoms with Crippen LogP contribution in [0.15, 0.2) is 96.1 Å². The number of halogens is 2. The van der Waals surface area contributed by atoms with E-state index in [0.29, 0.717) is 5.92 Å². The van der Waals surface area contributed by atoms with Gasteiger partial charge in [-0.05, 0) is 0 Å². The second kappa shape index (κ2) is 10.9. The normalized spacial score (nSPS) is 18.9. The molecule has 0 aromatic heterocycles. The standard InChI is InChI=1S/C19H19.C17H15.C2H7Si.2ClH.Zr/c1-13(2)17-11-16-5-4-6-18(19(16)12-17)15-9-7-14(3)8-10-15;1-12-10-16-13(2)8-9-15(17(16)11-12)14-6-4-3-5-7-14;1-3-2;;;/h4-13H,1-3H3;3-11H,1-2H3;3H,1-2H3;2*1H;/q;;;;;+2/p-2. The van der Waals surface area contributed by atoms with E-state index in [4.69, 9.17) is 17.0 Å². The van der Waals surface area contributed by atoms with Crippen LogP contribution >= 0.6 is 17.0 Å². The molecule has 0 fully saturated rings. The van der Waals surface area contributed by atoms with Crippen molar-refractivity contribution < 1.29 is 15.6 Å². The van der Waals surface area contributed by atoms with Gasteiger partial charge in [0.25, 0.3) is 0 Å². The van der Waals surface area contributed by atoms with Crippen molar-refractivity contribution in [2.45, 2.75) is 55.0 Å². The average Bonchev–Trinajstić information content (AvgIpc) is 3.54. The zero-order valence-electron chi connectivity index (χ0n) is 25.8. The first-order chi connectivity index (χ1) is 19.9. The van der Waals surface area contributed by atoms with Gasteiger partial charge in [0, 0.05) is 0 Å². The van der Waals surface area contributed by atoms with Crippen LogP contribution in [-0.4, -0.2) is 5.92 Å². The maximum atomic E-state index is 8.58. The number of fused-ring (bicyclic) bond motifs is 2. The fraction of sp³-hybridized carbons (Fsp3) is 0.263. The monoisotopic (exact) mass is 685 g/mol. The van der Waals surface area contributed by atoms with Gasteiger partial charge in [-0.1, -0.05) is 0 Å². The summed E-state index contributed by atoms with van der Waals surface area (Å²) in [5.74, 6) is -1.25. The van der Waals surface area contributed by atoms with Crippen LogP contribution in [0.1, 0.15) is 61.4 Å². The van der Waals surface area contributed by atoms with Crippen LogP contribution in [0.2, 0.25) is 13.1 Å². The molecule has 0 saturated carbocycles. The molecule has 0 aliphatic heterocycles. The molecule has 2 aliphatic carbocycles. The topological polar surface area (TPSA) is 0 Å². The summed E-state index contributed by atoms with van der Waals surface area (Å²) >= 11 is -4.78. The quantitative estimate of drug-likeness (QED) is 0.177. The molecule has 0 radical (unpaired) electrons. The molecule has 0 saturated heterocycles. The predicted octanol–water partition coefficient (Wildman–Crippen LogP) is 11.9. The fourth-order valence-corrected chi connectivity index (χ4v) is 40.0. The number of rotatable bonds is 6. The Morgan fingerprint density at radius 2 is 1.31 bits per heavy atom. The number of hydrogen-bond donors (Lipinski definition) is 0. The number of benzene rings is 4. The van der Waals surface area contributed by atoms with Crippen LogP contribution in [0, 0.1) is 19.8 Å². The van der Waals surface area contributed by atoms with Gasteiger partial charge in [-0.25, -0.2) is 0 Å². The van der Waals surface area contributed by atoms with Gasteiger partial charge in [-0.15, -0.1) is 0 Å². The van der Waals surface area contributed by atoms with Gasteiger partial charge in [0.15, 0.2) is 0 Å². The molecule has 0 N–H and O–H groups in total. The minimum absolute atomic E-state index is 0.0981. The maximum absolute atomic E-state index is 8.58. The molecule has 42 heavy (non-hydrogen) atoms. The van der Waals surface area contributed by atoms with Crippen molar-refractivity contribution in [1.29, 1.82) is 0 Å². The van der Waals surface area contributed by atoms with Crippen LogP contribution in [-0.2, 0) is 15.6 Å². The minimum atomic E-state index is -4.78. The van der Waals surface area contributed by atoms with Gasteiger partial charge in [-0.2, -0.15) is 0 Å². The van der Waals surface area contributed by atoms with E-state index in [1.54, 1.807) is 0 Å². The first-order valence-corrected chi connectivity index (χ1v) is 31.6. The van der Waals surface area contributed by atoms with E-state index in [9.17, 15) is 0 Å². The average molecular weight is 688 g/mol. The summed E-state index contributed by atoms with van der Waals surface area (Å²) in [7, 11) is 17.2. The second-order valence-corrected chi connectivity index (χ2v) is 55.7. The Hall–Kier alpha value is -1.96. The molecule has 4 aromatic rings. The molecule has 0 spiro atoms. The Morgan fingerprint density at radius 3 is 1.95 bits per heavy atom. The third kappa shape index (κ3) is 4.56. The first-order valence-electron chi connectivity index (χ1n) is 15.3. The van der Waals surface area contributed by atoms with Crippen LogP contribution in [0.25, 0.3) is 34.4 Å². The number of hydrogen-bond acceptors (Lipinski definition) is 0. The summed E-state index contributed by atoms with van der Waals surface area (Å²) in [5, 5.41) is 0. The molecule has 2 atom stereocenters. The molecule has 0 bridgehead atoms. The van der Waals surface area contributed by atoms with Gasteiger partial charge in [-0.3, -0.25) is 0 Å². The Bertz CT molecular complexity index is 1750. The Labute approximate surface area is 261 Å². The molecule has 0 amide bonds. The van der Waals surface area contributed by atoms with Gasteiger partial charge < -0.3 is 0 Å². The van der Waals surface area contributed by atoms with E-state index in [0.717, 1.165) is 0 Å². The first kappa shape index (κ1) is 30.1. The van der Waals surface area contributed by atoms with Gasteiger partial charge in [0.05, 0.1) is 0 Å². The summed E-state index contributed by atoms with van der Waals surface area (Å²) in [6, 6.07) is 31.1. The van der Waals surface area contributed by atoms with Crippen molar-refractivity contribution >= 4 is 35.1 Å². The Balaban J connectivity index is 1.61. The number of aryl methyl sites for hydroxylation is 2. The molecule has 2 aliphatic rings.